The lowest BCUT2D eigenvalue weighted by Crippen LogP contribution is -2.39. The maximum Gasteiger partial charge on any atom is 0.270 e. The third-order valence-electron chi connectivity index (χ3n) is 6.15. The van der Waals surface area contributed by atoms with Crippen molar-refractivity contribution in [2.75, 3.05) is 20.8 Å². The third kappa shape index (κ3) is 4.90. The number of carbonyl (C=O) groups excluding carboxylic acids is 1. The Morgan fingerprint density at radius 2 is 1.61 bits per heavy atom. The maximum absolute atomic E-state index is 12.8. The Bertz CT molecular complexity index is 1010. The zero-order valence-corrected chi connectivity index (χ0v) is 18.8. The van der Waals surface area contributed by atoms with Crippen molar-refractivity contribution in [3.63, 3.8) is 0 Å². The summed E-state index contributed by atoms with van der Waals surface area (Å²) in [5.74, 6) is 1.59. The minimum Gasteiger partial charge on any atom is -0.497 e. The summed E-state index contributed by atoms with van der Waals surface area (Å²) >= 11 is 1.52. The molecule has 0 atom stereocenters. The fraction of sp³-hybridized carbons (Fsp3) is 0.360. The van der Waals surface area contributed by atoms with E-state index in [4.69, 9.17) is 9.47 Å². The molecule has 1 fully saturated rings. The van der Waals surface area contributed by atoms with Gasteiger partial charge in [-0.2, -0.15) is 0 Å². The number of amides is 1. The number of ether oxygens (including phenoxy) is 2. The van der Waals surface area contributed by atoms with Crippen molar-refractivity contribution in [3.8, 4) is 11.5 Å². The van der Waals surface area contributed by atoms with Crippen LogP contribution in [-0.4, -0.2) is 31.7 Å². The molecule has 0 unspecified atom stereocenters. The van der Waals surface area contributed by atoms with Gasteiger partial charge in [-0.3, -0.25) is 4.79 Å². The van der Waals surface area contributed by atoms with Crippen LogP contribution in [0.4, 0.5) is 0 Å². The van der Waals surface area contributed by atoms with Gasteiger partial charge in [0.1, 0.15) is 17.2 Å². The molecule has 0 aliphatic heterocycles. The van der Waals surface area contributed by atoms with Crippen LogP contribution >= 0.6 is 11.3 Å². The first-order valence-corrected chi connectivity index (χ1v) is 11.5. The molecule has 0 bridgehead atoms. The molecule has 5 nitrogen and oxygen atoms in total. The maximum atomic E-state index is 12.8. The van der Waals surface area contributed by atoms with E-state index in [2.05, 4.69) is 22.4 Å². The average molecular weight is 437 g/mol. The second-order valence-electron chi connectivity index (χ2n) is 8.05. The van der Waals surface area contributed by atoms with E-state index in [0.717, 1.165) is 34.9 Å². The lowest BCUT2D eigenvalue weighted by atomic mass is 9.78. The fourth-order valence-electron chi connectivity index (χ4n) is 4.32. The van der Waals surface area contributed by atoms with Gasteiger partial charge in [0.05, 0.1) is 19.2 Å². The largest absolute Gasteiger partial charge is 0.497 e. The molecular weight excluding hydrogens is 408 g/mol. The highest BCUT2D eigenvalue weighted by Gasteiger charge is 2.36. The standard InChI is InChI=1S/C25H28N2O3S/c1-29-20-9-5-18(6-10-20)15-23-27-22(16-31-23)24(28)26-17-25(13-3-4-14-25)19-7-11-21(30-2)12-8-19/h5-12,16H,3-4,13-15,17H2,1-2H3,(H,26,28). The number of hydrogen-bond acceptors (Lipinski definition) is 5. The van der Waals surface area contributed by atoms with Crippen LogP contribution in [0.5, 0.6) is 11.5 Å². The summed E-state index contributed by atoms with van der Waals surface area (Å²) in [4.78, 5) is 17.4. The first kappa shape index (κ1) is 21.4. The molecule has 162 valence electrons. The van der Waals surface area contributed by atoms with Gasteiger partial charge in [0.15, 0.2) is 0 Å². The SMILES string of the molecule is COc1ccc(Cc2nc(C(=O)NCC3(c4ccc(OC)cc4)CCCC3)cs2)cc1. The van der Waals surface area contributed by atoms with Gasteiger partial charge >= 0.3 is 0 Å². The predicted molar refractivity (Wildman–Crippen MR) is 123 cm³/mol. The minimum atomic E-state index is -0.1000. The minimum absolute atomic E-state index is 0.0100. The number of thiazole rings is 1. The highest BCUT2D eigenvalue weighted by atomic mass is 32.1. The number of aromatic nitrogens is 1. The van der Waals surface area contributed by atoms with Gasteiger partial charge in [0.25, 0.3) is 5.91 Å². The quantitative estimate of drug-likeness (QED) is 0.540. The molecule has 4 rings (SSSR count). The number of methoxy groups -OCH3 is 2. The number of rotatable bonds is 8. The van der Waals surface area contributed by atoms with Crippen LogP contribution in [0, 0.1) is 0 Å². The lowest BCUT2D eigenvalue weighted by Gasteiger charge is -2.30. The first-order valence-electron chi connectivity index (χ1n) is 10.6. The third-order valence-corrected chi connectivity index (χ3v) is 7.00. The van der Waals surface area contributed by atoms with Gasteiger partial charge in [-0.15, -0.1) is 11.3 Å². The Balaban J connectivity index is 1.40. The zero-order chi connectivity index (χ0) is 21.7. The molecule has 0 spiro atoms. The van der Waals surface area contributed by atoms with Gasteiger partial charge in [-0.25, -0.2) is 4.98 Å². The van der Waals surface area contributed by atoms with E-state index in [1.165, 1.54) is 29.7 Å². The topological polar surface area (TPSA) is 60.5 Å². The first-order chi connectivity index (χ1) is 15.1. The number of nitrogens with one attached hydrogen (secondary N) is 1. The van der Waals surface area contributed by atoms with E-state index < -0.39 is 0 Å². The molecule has 1 amide bonds. The van der Waals surface area contributed by atoms with Crippen molar-refractivity contribution >= 4 is 17.2 Å². The van der Waals surface area contributed by atoms with Gasteiger partial charge in [-0.05, 0) is 48.2 Å². The zero-order valence-electron chi connectivity index (χ0n) is 18.0. The summed E-state index contributed by atoms with van der Waals surface area (Å²) in [6.45, 7) is 0.628. The molecule has 1 N–H and O–H groups in total. The Hall–Kier alpha value is -2.86. The number of carbonyl (C=O) groups is 1. The average Bonchev–Trinajstić information content (AvgIpc) is 3.49. The second kappa shape index (κ2) is 9.52. The van der Waals surface area contributed by atoms with Crippen LogP contribution in [0.25, 0.3) is 0 Å². The van der Waals surface area contributed by atoms with E-state index in [-0.39, 0.29) is 11.3 Å². The van der Waals surface area contributed by atoms with Crippen molar-refractivity contribution in [2.24, 2.45) is 0 Å². The van der Waals surface area contributed by atoms with Gasteiger partial charge in [-0.1, -0.05) is 37.1 Å². The van der Waals surface area contributed by atoms with Crippen LogP contribution in [0.2, 0.25) is 0 Å². The van der Waals surface area contributed by atoms with Crippen LogP contribution < -0.4 is 14.8 Å². The monoisotopic (exact) mass is 436 g/mol. The normalized spacial score (nSPS) is 14.9. The van der Waals surface area contributed by atoms with Crippen LogP contribution in [0.15, 0.2) is 53.9 Å². The summed E-state index contributed by atoms with van der Waals surface area (Å²) < 4.78 is 10.5. The lowest BCUT2D eigenvalue weighted by molar-refractivity contribution is 0.0938. The van der Waals surface area contributed by atoms with Crippen LogP contribution in [0.1, 0.15) is 52.3 Å². The number of benzene rings is 2. The molecule has 3 aromatic rings. The Labute approximate surface area is 187 Å². The second-order valence-corrected chi connectivity index (χ2v) is 8.99. The Morgan fingerprint density at radius 1 is 1.00 bits per heavy atom. The molecule has 1 aliphatic rings. The van der Waals surface area contributed by atoms with Crippen molar-refractivity contribution in [1.29, 1.82) is 0 Å². The molecule has 1 aliphatic carbocycles. The molecule has 0 saturated heterocycles. The molecule has 6 heteroatoms. The summed E-state index contributed by atoms with van der Waals surface area (Å²) in [6, 6.07) is 16.2. The predicted octanol–water partition coefficient (Wildman–Crippen LogP) is 4.99. The van der Waals surface area contributed by atoms with Crippen molar-refractivity contribution in [2.45, 2.75) is 37.5 Å². The van der Waals surface area contributed by atoms with E-state index in [1.807, 2.05) is 41.8 Å². The molecule has 31 heavy (non-hydrogen) atoms. The van der Waals surface area contributed by atoms with Gasteiger partial charge in [0, 0.05) is 23.8 Å². The molecule has 1 aromatic heterocycles. The Kier molecular flexibility index (Phi) is 6.56. The Morgan fingerprint density at radius 3 is 2.23 bits per heavy atom. The van der Waals surface area contributed by atoms with Crippen molar-refractivity contribution in [3.05, 3.63) is 75.7 Å². The molecule has 1 heterocycles. The molecule has 1 saturated carbocycles. The number of nitrogens with zero attached hydrogens (tertiary/aromatic N) is 1. The molecule has 2 aromatic carbocycles. The van der Waals surface area contributed by atoms with Crippen molar-refractivity contribution in [1.82, 2.24) is 10.3 Å². The van der Waals surface area contributed by atoms with E-state index in [1.54, 1.807) is 14.2 Å². The summed E-state index contributed by atoms with van der Waals surface area (Å²) in [6.07, 6.45) is 5.24. The highest BCUT2D eigenvalue weighted by Crippen LogP contribution is 2.41. The van der Waals surface area contributed by atoms with Gasteiger partial charge < -0.3 is 14.8 Å². The van der Waals surface area contributed by atoms with E-state index >= 15 is 0 Å². The van der Waals surface area contributed by atoms with E-state index in [0.29, 0.717) is 18.7 Å². The van der Waals surface area contributed by atoms with Crippen LogP contribution in [0.3, 0.4) is 0 Å². The molecular formula is C25H28N2O3S. The number of hydrogen-bond donors (Lipinski definition) is 1. The van der Waals surface area contributed by atoms with E-state index in [9.17, 15) is 4.79 Å². The highest BCUT2D eigenvalue weighted by molar-refractivity contribution is 7.09. The fourth-order valence-corrected chi connectivity index (χ4v) is 5.13. The summed E-state index contributed by atoms with van der Waals surface area (Å²) in [7, 11) is 3.34. The van der Waals surface area contributed by atoms with Crippen molar-refractivity contribution < 1.29 is 14.3 Å². The molecule has 0 radical (unpaired) electrons. The summed E-state index contributed by atoms with van der Waals surface area (Å²) in [5, 5.41) is 5.94. The van der Waals surface area contributed by atoms with Gasteiger partial charge in [0.2, 0.25) is 0 Å². The summed E-state index contributed by atoms with van der Waals surface area (Å²) in [5.41, 5.74) is 2.90. The van der Waals surface area contributed by atoms with Crippen LogP contribution in [-0.2, 0) is 11.8 Å². The smallest absolute Gasteiger partial charge is 0.270 e.